The molecule has 0 heterocycles. The summed E-state index contributed by atoms with van der Waals surface area (Å²) >= 11 is 5.66. The zero-order valence-corrected chi connectivity index (χ0v) is 10.4. The third kappa shape index (κ3) is 3.69. The van der Waals surface area contributed by atoms with E-state index in [1.165, 1.54) is 12.1 Å². The molecule has 7 heteroatoms. The maximum absolute atomic E-state index is 11.8. The Kier molecular flexibility index (Phi) is 4.50. The molecule has 1 rings (SSSR count). The van der Waals surface area contributed by atoms with Gasteiger partial charge in [-0.15, -0.1) is 0 Å². The third-order valence-corrected chi connectivity index (χ3v) is 4.45. The predicted octanol–water partition coefficient (Wildman–Crippen LogP) is 0.667. The maximum Gasteiger partial charge on any atom is 0.323 e. The highest BCUT2D eigenvalue weighted by Gasteiger charge is 2.31. The lowest BCUT2D eigenvalue weighted by Gasteiger charge is -2.11. The number of benzene rings is 1. The van der Waals surface area contributed by atoms with Gasteiger partial charge >= 0.3 is 5.97 Å². The molecule has 0 radical (unpaired) electrons. The molecule has 1 atom stereocenters. The Hall–Kier alpha value is -1.11. The highest BCUT2D eigenvalue weighted by molar-refractivity contribution is 7.92. The number of halogens is 1. The zero-order valence-electron chi connectivity index (χ0n) is 8.84. The van der Waals surface area contributed by atoms with Gasteiger partial charge in [-0.1, -0.05) is 23.7 Å². The molecule has 0 spiro atoms. The van der Waals surface area contributed by atoms with Crippen molar-refractivity contribution in [2.45, 2.75) is 11.0 Å². The molecule has 5 nitrogen and oxygen atoms in total. The van der Waals surface area contributed by atoms with Crippen LogP contribution in [0.1, 0.15) is 5.56 Å². The molecule has 3 N–H and O–H groups in total. The van der Waals surface area contributed by atoms with Gasteiger partial charge in [-0.25, -0.2) is 8.42 Å². The van der Waals surface area contributed by atoms with Gasteiger partial charge in [0.15, 0.2) is 15.1 Å². The average molecular weight is 278 g/mol. The van der Waals surface area contributed by atoms with Crippen molar-refractivity contribution in [3.05, 3.63) is 34.9 Å². The second-order valence-electron chi connectivity index (χ2n) is 3.50. The number of hydrogen-bond donors (Lipinski definition) is 2. The first-order valence-electron chi connectivity index (χ1n) is 4.75. The minimum absolute atomic E-state index is 0.363. The molecule has 17 heavy (non-hydrogen) atoms. The van der Waals surface area contributed by atoms with Crippen LogP contribution in [0.2, 0.25) is 5.02 Å². The number of hydrogen-bond acceptors (Lipinski definition) is 4. The summed E-state index contributed by atoms with van der Waals surface area (Å²) in [6.07, 6.45) is 0. The number of carboxylic acids is 1. The fourth-order valence-corrected chi connectivity index (χ4v) is 2.90. The number of rotatable bonds is 5. The lowest BCUT2D eigenvalue weighted by molar-refractivity contribution is -0.136. The molecule has 1 aromatic carbocycles. The summed E-state index contributed by atoms with van der Waals surface area (Å²) in [4.78, 5) is 10.7. The molecule has 0 saturated heterocycles. The molecule has 0 fully saturated rings. The SMILES string of the molecule is NCC(C(=O)O)S(=O)(=O)Cc1ccc(Cl)cc1. The minimum atomic E-state index is -3.81. The quantitative estimate of drug-likeness (QED) is 0.824. The molecule has 1 aromatic rings. The van der Waals surface area contributed by atoms with Crippen molar-refractivity contribution in [3.8, 4) is 0 Å². The van der Waals surface area contributed by atoms with Gasteiger partial charge in [0.25, 0.3) is 0 Å². The molecule has 0 aromatic heterocycles. The monoisotopic (exact) mass is 277 g/mol. The Bertz CT molecular complexity index is 498. The number of aliphatic carboxylic acids is 1. The molecule has 0 amide bonds. The summed E-state index contributed by atoms with van der Waals surface area (Å²) in [6, 6.07) is 6.17. The summed E-state index contributed by atoms with van der Waals surface area (Å²) < 4.78 is 23.5. The highest BCUT2D eigenvalue weighted by Crippen LogP contribution is 2.14. The summed E-state index contributed by atoms with van der Waals surface area (Å²) in [5.74, 6) is -1.79. The molecule has 94 valence electrons. The van der Waals surface area contributed by atoms with Gasteiger partial charge in [0.05, 0.1) is 5.75 Å². The smallest absolute Gasteiger partial charge is 0.323 e. The van der Waals surface area contributed by atoms with Crippen LogP contribution >= 0.6 is 11.6 Å². The van der Waals surface area contributed by atoms with E-state index in [0.717, 1.165) is 0 Å². The topological polar surface area (TPSA) is 97.5 Å². The first kappa shape index (κ1) is 14.0. The van der Waals surface area contributed by atoms with E-state index in [9.17, 15) is 13.2 Å². The summed E-state index contributed by atoms with van der Waals surface area (Å²) in [5, 5.41) is 7.67. The number of sulfone groups is 1. The van der Waals surface area contributed by atoms with Crippen molar-refractivity contribution in [2.75, 3.05) is 6.54 Å². The Balaban J connectivity index is 2.93. The van der Waals surface area contributed by atoms with Crippen molar-refractivity contribution in [1.29, 1.82) is 0 Å². The lowest BCUT2D eigenvalue weighted by Crippen LogP contribution is -2.37. The molecule has 0 aliphatic carbocycles. The van der Waals surface area contributed by atoms with Crippen molar-refractivity contribution < 1.29 is 18.3 Å². The van der Waals surface area contributed by atoms with Crippen LogP contribution in [0.15, 0.2) is 24.3 Å². The van der Waals surface area contributed by atoms with Gasteiger partial charge in [-0.2, -0.15) is 0 Å². The number of nitrogens with two attached hydrogens (primary N) is 1. The molecule has 0 aliphatic rings. The maximum atomic E-state index is 11.8. The van der Waals surface area contributed by atoms with Crippen LogP contribution in [0.3, 0.4) is 0 Å². The van der Waals surface area contributed by atoms with Gasteiger partial charge in [0.2, 0.25) is 0 Å². The van der Waals surface area contributed by atoms with Crippen molar-refractivity contribution in [2.24, 2.45) is 5.73 Å². The number of carboxylic acid groups (broad SMARTS) is 1. The van der Waals surface area contributed by atoms with Crippen LogP contribution in [-0.4, -0.2) is 31.3 Å². The van der Waals surface area contributed by atoms with E-state index < -0.39 is 27.6 Å². The van der Waals surface area contributed by atoms with Crippen molar-refractivity contribution in [3.63, 3.8) is 0 Å². The van der Waals surface area contributed by atoms with Crippen LogP contribution < -0.4 is 5.73 Å². The van der Waals surface area contributed by atoms with E-state index >= 15 is 0 Å². The lowest BCUT2D eigenvalue weighted by atomic mass is 10.2. The molecule has 1 unspecified atom stereocenters. The van der Waals surface area contributed by atoms with Crippen LogP contribution in [0.4, 0.5) is 0 Å². The Morgan fingerprint density at radius 3 is 2.29 bits per heavy atom. The molecule has 0 saturated carbocycles. The summed E-state index contributed by atoms with van der Waals surface area (Å²) in [7, 11) is -3.81. The van der Waals surface area contributed by atoms with Gasteiger partial charge in [-0.3, -0.25) is 4.79 Å². The first-order valence-corrected chi connectivity index (χ1v) is 6.85. The standard InChI is InChI=1S/C10H12ClNO4S/c11-8-3-1-7(2-4-8)6-17(15,16)9(5-12)10(13)14/h1-4,9H,5-6,12H2,(H,13,14). The zero-order chi connectivity index (χ0) is 13.1. The van der Waals surface area contributed by atoms with E-state index in [4.69, 9.17) is 22.4 Å². The van der Waals surface area contributed by atoms with Crippen LogP contribution in [0.25, 0.3) is 0 Å². The van der Waals surface area contributed by atoms with Crippen LogP contribution in [0, 0.1) is 0 Å². The second kappa shape index (κ2) is 5.48. The minimum Gasteiger partial charge on any atom is -0.480 e. The van der Waals surface area contributed by atoms with Gasteiger partial charge in [0, 0.05) is 11.6 Å². The van der Waals surface area contributed by atoms with E-state index in [0.29, 0.717) is 10.6 Å². The predicted molar refractivity (Wildman–Crippen MR) is 64.6 cm³/mol. The molecule has 0 bridgehead atoms. The first-order chi connectivity index (χ1) is 7.86. The Labute approximate surface area is 104 Å². The van der Waals surface area contributed by atoms with E-state index in [1.807, 2.05) is 0 Å². The molecular formula is C10H12ClNO4S. The Morgan fingerprint density at radius 1 is 1.35 bits per heavy atom. The average Bonchev–Trinajstić information content (AvgIpc) is 2.21. The fourth-order valence-electron chi connectivity index (χ4n) is 1.31. The van der Waals surface area contributed by atoms with E-state index in [1.54, 1.807) is 12.1 Å². The normalized spacial score (nSPS) is 13.3. The van der Waals surface area contributed by atoms with Gasteiger partial charge in [-0.05, 0) is 17.7 Å². The van der Waals surface area contributed by atoms with Gasteiger partial charge < -0.3 is 10.8 Å². The fraction of sp³-hybridized carbons (Fsp3) is 0.300. The van der Waals surface area contributed by atoms with Crippen molar-refractivity contribution in [1.82, 2.24) is 0 Å². The molecule has 0 aliphatic heterocycles. The molecular weight excluding hydrogens is 266 g/mol. The van der Waals surface area contributed by atoms with Crippen LogP contribution in [0.5, 0.6) is 0 Å². The third-order valence-electron chi connectivity index (χ3n) is 2.20. The van der Waals surface area contributed by atoms with Crippen molar-refractivity contribution >= 4 is 27.4 Å². The largest absolute Gasteiger partial charge is 0.480 e. The van der Waals surface area contributed by atoms with Gasteiger partial charge in [0.1, 0.15) is 0 Å². The number of carbonyl (C=O) groups is 1. The van der Waals surface area contributed by atoms with E-state index in [-0.39, 0.29) is 5.75 Å². The second-order valence-corrected chi connectivity index (χ2v) is 6.12. The highest BCUT2D eigenvalue weighted by atomic mass is 35.5. The summed E-state index contributed by atoms with van der Waals surface area (Å²) in [5.41, 5.74) is 5.64. The summed E-state index contributed by atoms with van der Waals surface area (Å²) in [6.45, 7) is -0.439. The van der Waals surface area contributed by atoms with Crippen LogP contribution in [-0.2, 0) is 20.4 Å². The Morgan fingerprint density at radius 2 is 1.88 bits per heavy atom. The van der Waals surface area contributed by atoms with E-state index in [2.05, 4.69) is 0 Å².